The van der Waals surface area contributed by atoms with E-state index in [4.69, 9.17) is 10.5 Å². The van der Waals surface area contributed by atoms with Gasteiger partial charge in [0.2, 0.25) is 0 Å². The zero-order valence-electron chi connectivity index (χ0n) is 12.3. The number of para-hydroxylation sites is 1. The molecule has 0 fully saturated rings. The first-order valence-corrected chi connectivity index (χ1v) is 7.00. The smallest absolute Gasteiger partial charge is 0.310 e. The molecule has 5 heteroatoms. The summed E-state index contributed by atoms with van der Waals surface area (Å²) in [7, 11) is 0. The lowest BCUT2D eigenvalue weighted by atomic mass is 10.1. The summed E-state index contributed by atoms with van der Waals surface area (Å²) in [4.78, 5) is 23.7. The lowest BCUT2D eigenvalue weighted by Gasteiger charge is -2.09. The minimum atomic E-state index is -0.293. The quantitative estimate of drug-likeness (QED) is 0.656. The Morgan fingerprint density at radius 1 is 1.14 bits per heavy atom. The molecule has 2 rings (SSSR count). The monoisotopic (exact) mass is 298 g/mol. The van der Waals surface area contributed by atoms with E-state index in [0.717, 1.165) is 5.56 Å². The number of ether oxygens (including phenoxy) is 1. The van der Waals surface area contributed by atoms with Gasteiger partial charge in [0.25, 0.3) is 5.91 Å². The van der Waals surface area contributed by atoms with Gasteiger partial charge in [0.1, 0.15) is 0 Å². The lowest BCUT2D eigenvalue weighted by Crippen LogP contribution is -2.14. The Labute approximate surface area is 129 Å². The molecule has 22 heavy (non-hydrogen) atoms. The van der Waals surface area contributed by atoms with Crippen LogP contribution in [0.5, 0.6) is 0 Å². The topological polar surface area (TPSA) is 81.4 Å². The van der Waals surface area contributed by atoms with Crippen LogP contribution in [-0.4, -0.2) is 18.5 Å². The Morgan fingerprint density at radius 3 is 2.64 bits per heavy atom. The number of carbonyl (C=O) groups is 2. The van der Waals surface area contributed by atoms with E-state index in [-0.39, 0.29) is 18.3 Å². The highest BCUT2D eigenvalue weighted by Gasteiger charge is 2.10. The standard InChI is InChI=1S/C17H18N2O3/c1-2-22-16(20)11-12-6-5-7-13(10-12)19-17(21)14-8-3-4-9-15(14)18/h3-10H,2,11,18H2,1H3,(H,19,21). The Hall–Kier alpha value is -2.82. The summed E-state index contributed by atoms with van der Waals surface area (Å²) in [5, 5.41) is 2.77. The molecule has 0 unspecified atom stereocenters. The van der Waals surface area contributed by atoms with Crippen molar-refractivity contribution in [3.05, 3.63) is 59.7 Å². The number of anilines is 2. The van der Waals surface area contributed by atoms with Gasteiger partial charge in [-0.3, -0.25) is 9.59 Å². The van der Waals surface area contributed by atoms with Crippen molar-refractivity contribution in [3.63, 3.8) is 0 Å². The van der Waals surface area contributed by atoms with Crippen molar-refractivity contribution in [2.45, 2.75) is 13.3 Å². The van der Waals surface area contributed by atoms with Crippen molar-refractivity contribution in [2.75, 3.05) is 17.7 Å². The number of carbonyl (C=O) groups excluding carboxylic acids is 2. The highest BCUT2D eigenvalue weighted by atomic mass is 16.5. The summed E-state index contributed by atoms with van der Waals surface area (Å²) >= 11 is 0. The van der Waals surface area contributed by atoms with Gasteiger partial charge in [-0.2, -0.15) is 0 Å². The summed E-state index contributed by atoms with van der Waals surface area (Å²) in [5.74, 6) is -0.579. The van der Waals surface area contributed by atoms with Crippen molar-refractivity contribution >= 4 is 23.3 Å². The first-order valence-electron chi connectivity index (χ1n) is 7.00. The highest BCUT2D eigenvalue weighted by molar-refractivity contribution is 6.07. The van der Waals surface area contributed by atoms with Gasteiger partial charge in [-0.25, -0.2) is 0 Å². The summed E-state index contributed by atoms with van der Waals surface area (Å²) in [6.45, 7) is 2.11. The number of esters is 1. The normalized spacial score (nSPS) is 10.0. The summed E-state index contributed by atoms with van der Waals surface area (Å²) < 4.78 is 4.91. The third kappa shape index (κ3) is 4.09. The molecule has 0 aliphatic heterocycles. The zero-order chi connectivity index (χ0) is 15.9. The fraction of sp³-hybridized carbons (Fsp3) is 0.176. The van der Waals surface area contributed by atoms with Crippen LogP contribution in [0.1, 0.15) is 22.8 Å². The van der Waals surface area contributed by atoms with Crippen molar-refractivity contribution in [1.29, 1.82) is 0 Å². The maximum absolute atomic E-state index is 12.2. The number of hydrogen-bond acceptors (Lipinski definition) is 4. The van der Waals surface area contributed by atoms with E-state index in [1.54, 1.807) is 49.4 Å². The predicted molar refractivity (Wildman–Crippen MR) is 85.6 cm³/mol. The van der Waals surface area contributed by atoms with Crippen LogP contribution < -0.4 is 11.1 Å². The number of nitrogens with one attached hydrogen (secondary N) is 1. The minimum absolute atomic E-state index is 0.172. The number of hydrogen-bond donors (Lipinski definition) is 2. The van der Waals surface area contributed by atoms with Gasteiger partial charge in [0.15, 0.2) is 0 Å². The van der Waals surface area contributed by atoms with E-state index >= 15 is 0 Å². The summed E-state index contributed by atoms with van der Waals surface area (Å²) in [5.41, 5.74) is 8.00. The van der Waals surface area contributed by atoms with E-state index in [1.165, 1.54) is 0 Å². The number of rotatable bonds is 5. The molecule has 0 saturated heterocycles. The molecule has 0 aliphatic carbocycles. The molecule has 0 spiro atoms. The Morgan fingerprint density at radius 2 is 1.91 bits per heavy atom. The number of benzene rings is 2. The minimum Gasteiger partial charge on any atom is -0.466 e. The first kappa shape index (κ1) is 15.6. The van der Waals surface area contributed by atoms with Crippen molar-refractivity contribution in [3.8, 4) is 0 Å². The molecule has 5 nitrogen and oxygen atoms in total. The SMILES string of the molecule is CCOC(=O)Cc1cccc(NC(=O)c2ccccc2N)c1. The van der Waals surface area contributed by atoms with Crippen molar-refractivity contribution in [2.24, 2.45) is 0 Å². The second-order valence-corrected chi connectivity index (χ2v) is 4.72. The van der Waals surface area contributed by atoms with Crippen molar-refractivity contribution < 1.29 is 14.3 Å². The molecule has 0 heterocycles. The molecule has 3 N–H and O–H groups in total. The second kappa shape index (κ2) is 7.26. The molecule has 1 amide bonds. The zero-order valence-corrected chi connectivity index (χ0v) is 12.3. The highest BCUT2D eigenvalue weighted by Crippen LogP contribution is 2.16. The Kier molecular flexibility index (Phi) is 5.14. The molecule has 0 aliphatic rings. The third-order valence-corrected chi connectivity index (χ3v) is 3.04. The summed E-state index contributed by atoms with van der Waals surface area (Å²) in [6, 6.07) is 13.9. The molecule has 0 atom stereocenters. The molecular weight excluding hydrogens is 280 g/mol. The summed E-state index contributed by atoms with van der Waals surface area (Å²) in [6.07, 6.45) is 0.172. The molecular formula is C17H18N2O3. The van der Waals surface area contributed by atoms with Crippen LogP contribution >= 0.6 is 0 Å². The van der Waals surface area contributed by atoms with Gasteiger partial charge >= 0.3 is 5.97 Å². The third-order valence-electron chi connectivity index (χ3n) is 3.04. The van der Waals surface area contributed by atoms with Crippen LogP contribution in [0.4, 0.5) is 11.4 Å². The fourth-order valence-electron chi connectivity index (χ4n) is 2.04. The molecule has 114 valence electrons. The van der Waals surface area contributed by atoms with Gasteiger partial charge in [0, 0.05) is 11.4 Å². The largest absolute Gasteiger partial charge is 0.466 e. The van der Waals surface area contributed by atoms with Crippen LogP contribution in [0.25, 0.3) is 0 Å². The molecule has 2 aromatic rings. The van der Waals surface area contributed by atoms with Gasteiger partial charge in [-0.15, -0.1) is 0 Å². The van der Waals surface area contributed by atoms with E-state index in [2.05, 4.69) is 5.32 Å². The predicted octanol–water partition coefficient (Wildman–Crippen LogP) is 2.63. The molecule has 0 bridgehead atoms. The van der Waals surface area contributed by atoms with E-state index in [1.807, 2.05) is 6.07 Å². The van der Waals surface area contributed by atoms with Crippen molar-refractivity contribution in [1.82, 2.24) is 0 Å². The van der Waals surface area contributed by atoms with Gasteiger partial charge in [0.05, 0.1) is 18.6 Å². The average molecular weight is 298 g/mol. The van der Waals surface area contributed by atoms with Crippen LogP contribution in [0.3, 0.4) is 0 Å². The fourth-order valence-corrected chi connectivity index (χ4v) is 2.04. The average Bonchev–Trinajstić information content (AvgIpc) is 2.48. The van der Waals surface area contributed by atoms with E-state index in [0.29, 0.717) is 23.5 Å². The van der Waals surface area contributed by atoms with Crippen LogP contribution in [0.2, 0.25) is 0 Å². The van der Waals surface area contributed by atoms with Crippen LogP contribution in [0.15, 0.2) is 48.5 Å². The molecule has 0 aromatic heterocycles. The number of amides is 1. The molecule has 0 saturated carbocycles. The van der Waals surface area contributed by atoms with Gasteiger partial charge < -0.3 is 15.8 Å². The maximum Gasteiger partial charge on any atom is 0.310 e. The van der Waals surface area contributed by atoms with Crippen LogP contribution in [0, 0.1) is 0 Å². The lowest BCUT2D eigenvalue weighted by molar-refractivity contribution is -0.142. The Bertz CT molecular complexity index is 683. The molecule has 0 radical (unpaired) electrons. The molecule has 2 aromatic carbocycles. The maximum atomic E-state index is 12.2. The number of nitrogens with two attached hydrogens (primary N) is 1. The van der Waals surface area contributed by atoms with E-state index in [9.17, 15) is 9.59 Å². The van der Waals surface area contributed by atoms with Gasteiger partial charge in [-0.05, 0) is 36.8 Å². The Balaban J connectivity index is 2.09. The second-order valence-electron chi connectivity index (χ2n) is 4.72. The first-order chi connectivity index (χ1) is 10.6. The number of nitrogen functional groups attached to an aromatic ring is 1. The van der Waals surface area contributed by atoms with E-state index < -0.39 is 0 Å². The van der Waals surface area contributed by atoms with Crippen LogP contribution in [-0.2, 0) is 16.0 Å². The van der Waals surface area contributed by atoms with Gasteiger partial charge in [-0.1, -0.05) is 24.3 Å².